The third-order valence-electron chi connectivity index (χ3n) is 2.38. The fourth-order valence-electron chi connectivity index (χ4n) is 1.46. The number of aromatic carboxylic acids is 1. The Morgan fingerprint density at radius 3 is 2.57 bits per heavy atom. The molecule has 2 rings (SSSR count). The molecule has 2 aromatic rings. The first-order valence-electron chi connectivity index (χ1n) is 5.39. The van der Waals surface area contributed by atoms with Crippen LogP contribution in [0.5, 0.6) is 0 Å². The Bertz CT molecular complexity index is 739. The van der Waals surface area contributed by atoms with E-state index in [1.165, 1.54) is 18.3 Å². The van der Waals surface area contributed by atoms with Crippen LogP contribution in [-0.4, -0.2) is 21.0 Å². The minimum atomic E-state index is -1.18. The molecule has 0 saturated heterocycles. The Balaban J connectivity index is 2.43. The molecule has 0 fully saturated rings. The van der Waals surface area contributed by atoms with Crippen LogP contribution in [0.25, 0.3) is 0 Å². The van der Waals surface area contributed by atoms with Gasteiger partial charge in [0, 0.05) is 17.2 Å². The number of halogens is 2. The van der Waals surface area contributed by atoms with Crippen molar-refractivity contribution in [1.29, 1.82) is 0 Å². The molecule has 6 nitrogen and oxygen atoms in total. The van der Waals surface area contributed by atoms with Crippen molar-refractivity contribution < 1.29 is 14.8 Å². The number of carbonyl (C=O) groups is 1. The first kappa shape index (κ1) is 15.6. The van der Waals surface area contributed by atoms with Gasteiger partial charge >= 0.3 is 5.97 Å². The predicted octanol–water partition coefficient (Wildman–Crippen LogP) is 4.15. The summed E-state index contributed by atoms with van der Waals surface area (Å²) >= 11 is 12.6. The zero-order valence-corrected chi connectivity index (χ0v) is 12.4. The molecule has 0 aliphatic carbocycles. The van der Waals surface area contributed by atoms with Gasteiger partial charge in [-0.3, -0.25) is 10.1 Å². The van der Waals surface area contributed by atoms with Crippen molar-refractivity contribution in [1.82, 2.24) is 4.98 Å². The van der Waals surface area contributed by atoms with Crippen LogP contribution in [0, 0.1) is 10.1 Å². The van der Waals surface area contributed by atoms with Crippen LogP contribution in [-0.2, 0) is 0 Å². The van der Waals surface area contributed by atoms with E-state index in [-0.39, 0.29) is 26.3 Å². The summed E-state index contributed by atoms with van der Waals surface area (Å²) in [6.45, 7) is 0. The number of hydrogen-bond donors (Lipinski definition) is 1. The topological polar surface area (TPSA) is 93.3 Å². The number of nitrogens with zero attached hydrogens (tertiary/aromatic N) is 2. The maximum atomic E-state index is 11.0. The number of nitro groups is 1. The van der Waals surface area contributed by atoms with Gasteiger partial charge in [0.2, 0.25) is 0 Å². The minimum absolute atomic E-state index is 0.0775. The smallest absolute Gasteiger partial charge is 0.354 e. The average molecular weight is 345 g/mol. The maximum Gasteiger partial charge on any atom is 0.354 e. The quantitative estimate of drug-likeness (QED) is 0.661. The molecule has 0 aliphatic heterocycles. The lowest BCUT2D eigenvalue weighted by Crippen LogP contribution is -1.99. The molecule has 108 valence electrons. The number of benzene rings is 1. The number of pyridine rings is 1. The predicted molar refractivity (Wildman–Crippen MR) is 78.4 cm³/mol. The number of rotatable bonds is 4. The number of carboxylic acid groups (broad SMARTS) is 1. The normalized spacial score (nSPS) is 10.4. The lowest BCUT2D eigenvalue weighted by Gasteiger charge is -2.05. The van der Waals surface area contributed by atoms with Crippen LogP contribution in [0.15, 0.2) is 40.3 Å². The van der Waals surface area contributed by atoms with Crippen LogP contribution in [0.3, 0.4) is 0 Å². The van der Waals surface area contributed by atoms with Crippen LogP contribution in [0.2, 0.25) is 10.0 Å². The molecule has 1 N–H and O–H groups in total. The van der Waals surface area contributed by atoms with Crippen molar-refractivity contribution in [2.24, 2.45) is 0 Å². The lowest BCUT2D eigenvalue weighted by molar-refractivity contribution is -0.387. The Kier molecular flexibility index (Phi) is 4.66. The third kappa shape index (κ3) is 3.63. The Labute approximate surface area is 132 Å². The molecule has 0 unspecified atom stereocenters. The summed E-state index contributed by atoms with van der Waals surface area (Å²) in [7, 11) is 0. The van der Waals surface area contributed by atoms with E-state index in [2.05, 4.69) is 4.98 Å². The highest BCUT2D eigenvalue weighted by Gasteiger charge is 2.18. The molecular formula is C12H6Cl2N2O4S. The highest BCUT2D eigenvalue weighted by Crippen LogP contribution is 2.39. The van der Waals surface area contributed by atoms with Gasteiger partial charge in [0.05, 0.1) is 19.9 Å². The van der Waals surface area contributed by atoms with E-state index >= 15 is 0 Å². The molecule has 1 heterocycles. The molecule has 0 atom stereocenters. The molecule has 21 heavy (non-hydrogen) atoms. The minimum Gasteiger partial charge on any atom is -0.477 e. The Hall–Kier alpha value is -1.83. The number of nitro benzene ring substituents is 1. The zero-order chi connectivity index (χ0) is 15.6. The fourth-order valence-corrected chi connectivity index (χ4v) is 2.82. The van der Waals surface area contributed by atoms with Crippen LogP contribution >= 0.6 is 35.0 Å². The molecule has 0 amide bonds. The van der Waals surface area contributed by atoms with E-state index in [4.69, 9.17) is 28.3 Å². The molecule has 0 aliphatic rings. The van der Waals surface area contributed by atoms with E-state index < -0.39 is 10.9 Å². The largest absolute Gasteiger partial charge is 0.477 e. The van der Waals surface area contributed by atoms with E-state index in [1.54, 1.807) is 6.07 Å². The first-order chi connectivity index (χ1) is 9.88. The number of aromatic nitrogens is 1. The SMILES string of the molecule is O=C(O)c1cc(Sc2cc(Cl)c(Cl)cc2[N+](=O)[O-])ccn1. The second-order valence-electron chi connectivity index (χ2n) is 3.78. The molecule has 1 aromatic heterocycles. The van der Waals surface area contributed by atoms with Gasteiger partial charge < -0.3 is 5.11 Å². The highest BCUT2D eigenvalue weighted by atomic mass is 35.5. The summed E-state index contributed by atoms with van der Waals surface area (Å²) in [5, 5.41) is 20.2. The van der Waals surface area contributed by atoms with Gasteiger partial charge in [-0.1, -0.05) is 35.0 Å². The van der Waals surface area contributed by atoms with Crippen molar-refractivity contribution in [2.75, 3.05) is 0 Å². The second kappa shape index (κ2) is 6.30. The summed E-state index contributed by atoms with van der Waals surface area (Å²) in [6.07, 6.45) is 1.31. The molecule has 1 aromatic carbocycles. The zero-order valence-electron chi connectivity index (χ0n) is 10.1. The van der Waals surface area contributed by atoms with Crippen LogP contribution in [0.1, 0.15) is 10.5 Å². The number of hydrogen-bond acceptors (Lipinski definition) is 5. The van der Waals surface area contributed by atoms with E-state index in [9.17, 15) is 14.9 Å². The first-order valence-corrected chi connectivity index (χ1v) is 6.96. The van der Waals surface area contributed by atoms with E-state index in [0.29, 0.717) is 4.90 Å². The summed E-state index contributed by atoms with van der Waals surface area (Å²) in [5.41, 5.74) is -0.356. The molecule has 0 radical (unpaired) electrons. The van der Waals surface area contributed by atoms with Crippen molar-refractivity contribution in [3.8, 4) is 0 Å². The van der Waals surface area contributed by atoms with Crippen molar-refractivity contribution in [3.05, 3.63) is 56.3 Å². The molecule has 0 spiro atoms. The van der Waals surface area contributed by atoms with Crippen molar-refractivity contribution in [2.45, 2.75) is 9.79 Å². The summed E-state index contributed by atoms with van der Waals surface area (Å²) in [6, 6.07) is 5.39. The van der Waals surface area contributed by atoms with Crippen LogP contribution < -0.4 is 0 Å². The molecule has 0 bridgehead atoms. The van der Waals surface area contributed by atoms with Crippen molar-refractivity contribution in [3.63, 3.8) is 0 Å². The van der Waals surface area contributed by atoms with Crippen LogP contribution in [0.4, 0.5) is 5.69 Å². The lowest BCUT2D eigenvalue weighted by atomic mass is 10.3. The highest BCUT2D eigenvalue weighted by molar-refractivity contribution is 7.99. The fraction of sp³-hybridized carbons (Fsp3) is 0. The summed E-state index contributed by atoms with van der Waals surface area (Å²) in [4.78, 5) is 25.7. The van der Waals surface area contributed by atoms with Gasteiger partial charge in [-0.25, -0.2) is 9.78 Å². The van der Waals surface area contributed by atoms with Gasteiger partial charge in [0.15, 0.2) is 0 Å². The molecule has 9 heteroatoms. The van der Waals surface area contributed by atoms with E-state index in [1.807, 2.05) is 0 Å². The molecular weight excluding hydrogens is 339 g/mol. The summed E-state index contributed by atoms with van der Waals surface area (Å²) in [5.74, 6) is -1.18. The summed E-state index contributed by atoms with van der Waals surface area (Å²) < 4.78 is 0. The third-order valence-corrected chi connectivity index (χ3v) is 4.14. The molecule has 0 saturated carbocycles. The van der Waals surface area contributed by atoms with Gasteiger partial charge in [0.1, 0.15) is 5.69 Å². The Morgan fingerprint density at radius 1 is 1.29 bits per heavy atom. The average Bonchev–Trinajstić information content (AvgIpc) is 2.42. The van der Waals surface area contributed by atoms with Crippen molar-refractivity contribution >= 4 is 46.6 Å². The van der Waals surface area contributed by atoms with E-state index in [0.717, 1.165) is 17.8 Å². The van der Waals surface area contributed by atoms with Gasteiger partial charge in [-0.2, -0.15) is 0 Å². The monoisotopic (exact) mass is 344 g/mol. The van der Waals surface area contributed by atoms with Gasteiger partial charge in [0.25, 0.3) is 5.69 Å². The second-order valence-corrected chi connectivity index (χ2v) is 5.70. The maximum absolute atomic E-state index is 11.0. The standard InChI is InChI=1S/C12H6Cl2N2O4S/c13-7-4-10(16(19)20)11(5-8(7)14)21-6-1-2-15-9(3-6)12(17)18/h1-5H,(H,17,18). The van der Waals surface area contributed by atoms with Gasteiger partial charge in [-0.15, -0.1) is 0 Å². The Morgan fingerprint density at radius 2 is 1.95 bits per heavy atom. The number of carboxylic acids is 1. The van der Waals surface area contributed by atoms with Gasteiger partial charge in [-0.05, 0) is 18.2 Å².